The van der Waals surface area contributed by atoms with Crippen molar-refractivity contribution in [3.63, 3.8) is 0 Å². The summed E-state index contributed by atoms with van der Waals surface area (Å²) < 4.78 is 5.77. The van der Waals surface area contributed by atoms with Crippen LogP contribution in [0.3, 0.4) is 0 Å². The van der Waals surface area contributed by atoms with E-state index in [4.69, 9.17) is 4.74 Å². The van der Waals surface area contributed by atoms with Gasteiger partial charge in [-0.15, -0.1) is 0 Å². The highest BCUT2D eigenvalue weighted by Crippen LogP contribution is 2.52. The van der Waals surface area contributed by atoms with Crippen molar-refractivity contribution in [2.75, 3.05) is 0 Å². The first-order valence-electron chi connectivity index (χ1n) is 8.40. The molecule has 0 heterocycles. The molecule has 0 amide bonds. The normalized spacial score (nSPS) is 27.8. The summed E-state index contributed by atoms with van der Waals surface area (Å²) in [5.41, 5.74) is 2.28. The van der Waals surface area contributed by atoms with Crippen molar-refractivity contribution in [1.29, 1.82) is 0 Å². The summed E-state index contributed by atoms with van der Waals surface area (Å²) in [5.74, 6) is 1.01. The first-order valence-corrected chi connectivity index (χ1v) is 8.40. The molecule has 0 aromatic heterocycles. The summed E-state index contributed by atoms with van der Waals surface area (Å²) in [6.45, 7) is 6.33. The molecule has 1 aliphatic rings. The number of carbonyl (C=O) groups excluding carboxylic acids is 1. The predicted molar refractivity (Wildman–Crippen MR) is 92.0 cm³/mol. The van der Waals surface area contributed by atoms with Gasteiger partial charge in [-0.1, -0.05) is 74.5 Å². The first-order chi connectivity index (χ1) is 11.1. The Hall–Kier alpha value is -2.09. The van der Waals surface area contributed by atoms with E-state index >= 15 is 0 Å². The third-order valence-corrected chi connectivity index (χ3v) is 5.37. The minimum Gasteiger partial charge on any atom is -0.458 e. The van der Waals surface area contributed by atoms with Crippen LogP contribution in [0.25, 0.3) is 0 Å². The topological polar surface area (TPSA) is 26.3 Å². The van der Waals surface area contributed by atoms with Gasteiger partial charge in [-0.3, -0.25) is 4.79 Å². The number of esters is 1. The summed E-state index contributed by atoms with van der Waals surface area (Å²) in [5, 5.41) is 0. The summed E-state index contributed by atoms with van der Waals surface area (Å²) in [6, 6.07) is 20.3. The predicted octanol–water partition coefficient (Wildman–Crippen LogP) is 4.98. The highest BCUT2D eigenvalue weighted by atomic mass is 16.5. The number of carbonyl (C=O) groups is 1. The zero-order valence-corrected chi connectivity index (χ0v) is 14.0. The molecule has 0 bridgehead atoms. The molecule has 0 aliphatic heterocycles. The molecule has 120 valence electrons. The minimum absolute atomic E-state index is 0.0430. The SMILES string of the molecule is CC(OC(=O)C1C(C)C(C)C1c1ccccc1)c1ccccc1. The van der Waals surface area contributed by atoms with E-state index in [1.807, 2.05) is 55.5 Å². The molecular formula is C21H24O2. The molecular weight excluding hydrogens is 284 g/mol. The highest BCUT2D eigenvalue weighted by molar-refractivity contribution is 5.76. The Labute approximate surface area is 138 Å². The molecule has 1 saturated carbocycles. The average molecular weight is 308 g/mol. The molecule has 2 aromatic rings. The Kier molecular flexibility index (Phi) is 4.51. The fourth-order valence-corrected chi connectivity index (χ4v) is 3.75. The van der Waals surface area contributed by atoms with E-state index in [2.05, 4.69) is 26.0 Å². The van der Waals surface area contributed by atoms with Crippen LogP contribution in [0, 0.1) is 17.8 Å². The van der Waals surface area contributed by atoms with Gasteiger partial charge in [0.05, 0.1) is 5.92 Å². The van der Waals surface area contributed by atoms with Crippen molar-refractivity contribution >= 4 is 5.97 Å². The fraction of sp³-hybridized carbons (Fsp3) is 0.381. The van der Waals surface area contributed by atoms with Crippen LogP contribution in [0.1, 0.15) is 43.9 Å². The van der Waals surface area contributed by atoms with Gasteiger partial charge >= 0.3 is 5.97 Å². The molecule has 0 spiro atoms. The van der Waals surface area contributed by atoms with Gasteiger partial charge in [0.1, 0.15) is 6.10 Å². The van der Waals surface area contributed by atoms with E-state index in [1.165, 1.54) is 5.56 Å². The van der Waals surface area contributed by atoms with Gasteiger partial charge in [-0.05, 0) is 29.9 Å². The monoisotopic (exact) mass is 308 g/mol. The maximum atomic E-state index is 12.7. The Morgan fingerprint density at radius 1 is 0.913 bits per heavy atom. The molecule has 2 heteroatoms. The second kappa shape index (κ2) is 6.57. The van der Waals surface area contributed by atoms with E-state index in [0.29, 0.717) is 11.8 Å². The molecule has 1 fully saturated rings. The summed E-state index contributed by atoms with van der Waals surface area (Å²) >= 11 is 0. The van der Waals surface area contributed by atoms with Gasteiger partial charge in [0, 0.05) is 5.92 Å². The van der Waals surface area contributed by atoms with Crippen LogP contribution in [0.4, 0.5) is 0 Å². The lowest BCUT2D eigenvalue weighted by Crippen LogP contribution is -2.47. The van der Waals surface area contributed by atoms with Gasteiger partial charge in [-0.2, -0.15) is 0 Å². The lowest BCUT2D eigenvalue weighted by molar-refractivity contribution is -0.164. The quantitative estimate of drug-likeness (QED) is 0.745. The first kappa shape index (κ1) is 15.8. The summed E-state index contributed by atoms with van der Waals surface area (Å²) in [4.78, 5) is 12.7. The Bertz CT molecular complexity index is 650. The maximum absolute atomic E-state index is 12.7. The average Bonchev–Trinajstić information content (AvgIpc) is 2.59. The third-order valence-electron chi connectivity index (χ3n) is 5.37. The van der Waals surface area contributed by atoms with E-state index in [9.17, 15) is 4.79 Å². The molecule has 2 aromatic carbocycles. The third kappa shape index (κ3) is 3.03. The molecule has 1 aliphatic carbocycles. The number of hydrogen-bond acceptors (Lipinski definition) is 2. The van der Waals surface area contributed by atoms with E-state index in [-0.39, 0.29) is 23.9 Å². The van der Waals surface area contributed by atoms with Crippen molar-refractivity contribution in [3.05, 3.63) is 71.8 Å². The Morgan fingerprint density at radius 2 is 1.48 bits per heavy atom. The van der Waals surface area contributed by atoms with Crippen LogP contribution in [0.2, 0.25) is 0 Å². The largest absolute Gasteiger partial charge is 0.458 e. The zero-order valence-electron chi connectivity index (χ0n) is 14.0. The molecule has 0 saturated heterocycles. The molecule has 2 nitrogen and oxygen atoms in total. The van der Waals surface area contributed by atoms with Crippen molar-refractivity contribution < 1.29 is 9.53 Å². The standard InChI is InChI=1S/C21H24O2/c1-14-15(2)20(19(14)18-12-8-5-9-13-18)21(22)23-16(3)17-10-6-4-7-11-17/h4-16,19-20H,1-3H3. The van der Waals surface area contributed by atoms with Gasteiger partial charge < -0.3 is 4.74 Å². The number of hydrogen-bond donors (Lipinski definition) is 0. The summed E-state index contributed by atoms with van der Waals surface area (Å²) in [6.07, 6.45) is -0.205. The van der Waals surface area contributed by atoms with Gasteiger partial charge in [-0.25, -0.2) is 0 Å². The number of ether oxygens (including phenoxy) is 1. The van der Waals surface area contributed by atoms with Crippen molar-refractivity contribution in [2.45, 2.75) is 32.8 Å². The number of rotatable bonds is 4. The molecule has 23 heavy (non-hydrogen) atoms. The van der Waals surface area contributed by atoms with Crippen LogP contribution < -0.4 is 0 Å². The van der Waals surface area contributed by atoms with Crippen molar-refractivity contribution in [2.24, 2.45) is 17.8 Å². The fourth-order valence-electron chi connectivity index (χ4n) is 3.75. The number of benzene rings is 2. The molecule has 3 rings (SSSR count). The highest BCUT2D eigenvalue weighted by Gasteiger charge is 2.50. The van der Waals surface area contributed by atoms with Crippen LogP contribution in [0.15, 0.2) is 60.7 Å². The molecule has 5 atom stereocenters. The maximum Gasteiger partial charge on any atom is 0.310 e. The van der Waals surface area contributed by atoms with Gasteiger partial charge in [0.15, 0.2) is 0 Å². The van der Waals surface area contributed by atoms with Crippen LogP contribution in [-0.4, -0.2) is 5.97 Å². The lowest BCUT2D eigenvalue weighted by Gasteiger charge is -2.48. The van der Waals surface area contributed by atoms with Gasteiger partial charge in [0.2, 0.25) is 0 Å². The second-order valence-corrected chi connectivity index (χ2v) is 6.67. The van der Waals surface area contributed by atoms with Crippen LogP contribution in [-0.2, 0) is 9.53 Å². The van der Waals surface area contributed by atoms with E-state index < -0.39 is 0 Å². The Morgan fingerprint density at radius 3 is 2.09 bits per heavy atom. The van der Waals surface area contributed by atoms with Gasteiger partial charge in [0.25, 0.3) is 0 Å². The molecule has 5 unspecified atom stereocenters. The Balaban J connectivity index is 1.73. The lowest BCUT2D eigenvalue weighted by atomic mass is 9.56. The summed E-state index contributed by atoms with van der Waals surface area (Å²) in [7, 11) is 0. The van der Waals surface area contributed by atoms with Crippen LogP contribution in [0.5, 0.6) is 0 Å². The molecule has 0 radical (unpaired) electrons. The van der Waals surface area contributed by atoms with Crippen molar-refractivity contribution in [3.8, 4) is 0 Å². The van der Waals surface area contributed by atoms with E-state index in [1.54, 1.807) is 0 Å². The smallest absolute Gasteiger partial charge is 0.310 e. The van der Waals surface area contributed by atoms with Crippen molar-refractivity contribution in [1.82, 2.24) is 0 Å². The second-order valence-electron chi connectivity index (χ2n) is 6.67. The zero-order chi connectivity index (χ0) is 16.4. The molecule has 0 N–H and O–H groups in total. The van der Waals surface area contributed by atoms with Crippen LogP contribution >= 0.6 is 0 Å². The minimum atomic E-state index is -0.205. The van der Waals surface area contributed by atoms with E-state index in [0.717, 1.165) is 5.56 Å².